The van der Waals surface area contributed by atoms with Crippen LogP contribution >= 0.6 is 15.2 Å². The van der Waals surface area contributed by atoms with E-state index in [1.807, 2.05) is 0 Å². The summed E-state index contributed by atoms with van der Waals surface area (Å²) in [4.78, 5) is 31.1. The van der Waals surface area contributed by atoms with E-state index in [0.717, 1.165) is 103 Å². The third-order valence-electron chi connectivity index (χ3n) is 9.47. The van der Waals surface area contributed by atoms with E-state index < -0.39 is 20.1 Å². The highest BCUT2D eigenvalue weighted by molar-refractivity contribution is 7.72. The van der Waals surface area contributed by atoms with Crippen molar-refractivity contribution in [1.29, 1.82) is 0 Å². The molecule has 3 N–H and O–H groups in total. The van der Waals surface area contributed by atoms with E-state index >= 15 is 0 Å². The molecule has 0 spiro atoms. The maximum atomic E-state index is 14.2. The number of hydrogen-bond acceptors (Lipinski definition) is 4. The van der Waals surface area contributed by atoms with Crippen LogP contribution in [0.5, 0.6) is 0 Å². The molecule has 44 heavy (non-hydrogen) atoms. The molecular weight excluding hydrogens is 592 g/mol. The summed E-state index contributed by atoms with van der Waals surface area (Å²) in [6.45, 7) is 8.74. The Hall–Kier alpha value is 0.260. The molecule has 0 saturated carbocycles. The molecule has 0 aliphatic carbocycles. The summed E-state index contributed by atoms with van der Waals surface area (Å²) in [6, 6.07) is -0.0506. The van der Waals surface area contributed by atoms with Crippen molar-refractivity contribution in [2.75, 3.05) is 7.05 Å². The molecule has 0 fully saturated rings. The summed E-state index contributed by atoms with van der Waals surface area (Å²) in [5.74, 6) is 0. The molecule has 0 aromatic heterocycles. The molecule has 0 radical (unpaired) electrons. The molecule has 0 heterocycles. The summed E-state index contributed by atoms with van der Waals surface area (Å²) in [5.41, 5.74) is 0. The number of nitrogens with zero attached hydrogens (tertiary/aromatic N) is 1. The molecule has 7 nitrogen and oxygen atoms in total. The third kappa shape index (κ3) is 19.2. The Morgan fingerprint density at radius 1 is 0.523 bits per heavy atom. The minimum atomic E-state index is -4.98. The quantitative estimate of drug-likeness (QED) is 0.0363. The van der Waals surface area contributed by atoms with Crippen LogP contribution in [0.1, 0.15) is 207 Å². The van der Waals surface area contributed by atoms with Crippen LogP contribution in [0.15, 0.2) is 0 Å². The Morgan fingerprint density at radius 2 is 0.818 bits per heavy atom. The van der Waals surface area contributed by atoms with Crippen LogP contribution in [0.25, 0.3) is 0 Å². The number of unbranched alkanes of at least 4 members (excludes halogenated alkanes) is 20. The molecule has 9 heteroatoms. The molecule has 266 valence electrons. The predicted molar refractivity (Wildman–Crippen MR) is 189 cm³/mol. The van der Waals surface area contributed by atoms with Gasteiger partial charge in [-0.25, -0.2) is 4.62 Å². The first-order valence-electron chi connectivity index (χ1n) is 18.8. The fourth-order valence-corrected chi connectivity index (χ4v) is 10.2. The van der Waals surface area contributed by atoms with Gasteiger partial charge in [0.15, 0.2) is 4.90 Å². The molecule has 0 aliphatic rings. The van der Waals surface area contributed by atoms with Gasteiger partial charge in [-0.2, -0.15) is 5.06 Å². The van der Waals surface area contributed by atoms with E-state index in [1.54, 1.807) is 7.05 Å². The van der Waals surface area contributed by atoms with Crippen molar-refractivity contribution in [3.63, 3.8) is 0 Å². The van der Waals surface area contributed by atoms with Crippen LogP contribution in [0.3, 0.4) is 0 Å². The zero-order chi connectivity index (χ0) is 33.2. The summed E-state index contributed by atoms with van der Waals surface area (Å²) < 4.78 is 33.4. The summed E-state index contributed by atoms with van der Waals surface area (Å²) in [5, 5.41) is 1.52. The topological polar surface area (TPSA) is 107 Å². The van der Waals surface area contributed by atoms with Crippen LogP contribution < -0.4 is 0 Å². The second-order valence-electron chi connectivity index (χ2n) is 13.5. The first-order chi connectivity index (χ1) is 21.0. The number of hydroxylamine groups is 2. The summed E-state index contributed by atoms with van der Waals surface area (Å²) >= 11 is 0. The van der Waals surface area contributed by atoms with E-state index in [4.69, 9.17) is 4.62 Å². The van der Waals surface area contributed by atoms with E-state index in [0.29, 0.717) is 12.8 Å². The Bertz CT molecular complexity index is 715. The SMILES string of the molecule is CCCCCCCCC(CCCCCCCC)N(C)OP(=O)(O)C(CCCCCCCC)(CCCCCCCC)P(=O)(O)O. The first kappa shape index (κ1) is 44.3. The lowest BCUT2D eigenvalue weighted by Gasteiger charge is -2.39. The third-order valence-corrected chi connectivity index (χ3v) is 14.5. The summed E-state index contributed by atoms with van der Waals surface area (Å²) in [7, 11) is -8.00. The second-order valence-corrected chi connectivity index (χ2v) is 17.8. The van der Waals surface area contributed by atoms with Gasteiger partial charge in [-0.1, -0.05) is 182 Å². The average Bonchev–Trinajstić information content (AvgIpc) is 2.96. The van der Waals surface area contributed by atoms with Gasteiger partial charge >= 0.3 is 15.2 Å². The van der Waals surface area contributed by atoms with Crippen LogP contribution in [0, 0.1) is 0 Å². The minimum absolute atomic E-state index is 0.0134. The monoisotopic (exact) mass is 668 g/mol. The molecule has 0 rings (SSSR count). The number of rotatable bonds is 33. The van der Waals surface area contributed by atoms with Crippen LogP contribution in [0.2, 0.25) is 0 Å². The van der Waals surface area contributed by atoms with Crippen LogP contribution in [-0.2, 0) is 13.8 Å². The lowest BCUT2D eigenvalue weighted by atomic mass is 10.00. The first-order valence-corrected chi connectivity index (χ1v) is 22.0. The van der Waals surface area contributed by atoms with E-state index in [2.05, 4.69) is 27.7 Å². The van der Waals surface area contributed by atoms with Crippen molar-refractivity contribution < 1.29 is 28.4 Å². The molecule has 1 atom stereocenters. The molecule has 0 aromatic rings. The van der Waals surface area contributed by atoms with Gasteiger partial charge in [-0.05, 0) is 25.7 Å². The van der Waals surface area contributed by atoms with Gasteiger partial charge in [0.05, 0.1) is 0 Å². The second kappa shape index (κ2) is 27.2. The van der Waals surface area contributed by atoms with Crippen molar-refractivity contribution >= 4 is 15.2 Å². The number of hydrogen-bond donors (Lipinski definition) is 3. The van der Waals surface area contributed by atoms with Crippen LogP contribution in [-0.4, -0.2) is 37.7 Å². The van der Waals surface area contributed by atoms with Crippen molar-refractivity contribution in [2.45, 2.75) is 218 Å². The van der Waals surface area contributed by atoms with Gasteiger partial charge in [0.1, 0.15) is 0 Å². The molecule has 0 aromatic carbocycles. The average molecular weight is 668 g/mol. The Kier molecular flexibility index (Phi) is 27.4. The van der Waals surface area contributed by atoms with E-state index in [1.165, 1.54) is 56.4 Å². The molecular formula is C35H75NO6P2. The zero-order valence-corrected chi connectivity index (χ0v) is 31.6. The van der Waals surface area contributed by atoms with Gasteiger partial charge in [-0.15, -0.1) is 0 Å². The van der Waals surface area contributed by atoms with Gasteiger partial charge in [0.2, 0.25) is 0 Å². The Balaban J connectivity index is 5.78. The molecule has 1 unspecified atom stereocenters. The normalized spacial score (nSPS) is 14.1. The van der Waals surface area contributed by atoms with E-state index in [9.17, 15) is 23.8 Å². The Labute approximate surface area is 273 Å². The van der Waals surface area contributed by atoms with Gasteiger partial charge in [0, 0.05) is 13.1 Å². The smallest absolute Gasteiger partial charge is 0.324 e. The fourth-order valence-electron chi connectivity index (χ4n) is 6.39. The van der Waals surface area contributed by atoms with Crippen molar-refractivity contribution in [2.24, 2.45) is 0 Å². The largest absolute Gasteiger partial charge is 0.362 e. The molecule has 0 bridgehead atoms. The van der Waals surface area contributed by atoms with Crippen molar-refractivity contribution in [1.82, 2.24) is 5.06 Å². The Morgan fingerprint density at radius 3 is 1.14 bits per heavy atom. The van der Waals surface area contributed by atoms with Gasteiger partial charge < -0.3 is 14.7 Å². The molecule has 0 saturated heterocycles. The molecule has 0 aliphatic heterocycles. The van der Waals surface area contributed by atoms with Gasteiger partial charge in [-0.3, -0.25) is 9.13 Å². The van der Waals surface area contributed by atoms with E-state index in [-0.39, 0.29) is 18.9 Å². The van der Waals surface area contributed by atoms with Crippen molar-refractivity contribution in [3.8, 4) is 0 Å². The van der Waals surface area contributed by atoms with Gasteiger partial charge in [0.25, 0.3) is 0 Å². The maximum absolute atomic E-state index is 14.2. The summed E-state index contributed by atoms with van der Waals surface area (Å²) in [6.07, 6.45) is 27.0. The van der Waals surface area contributed by atoms with Crippen LogP contribution in [0.4, 0.5) is 0 Å². The lowest BCUT2D eigenvalue weighted by molar-refractivity contribution is -0.0875. The predicted octanol–water partition coefficient (Wildman–Crippen LogP) is 12.3. The standard InChI is InChI=1S/C35H75NO6P2/c1-6-10-14-18-22-26-30-34(31-27-23-19-15-11-7-2)36(5)42-44(40,41)35(43(37,38)39,32-28-24-20-16-12-8-3)33-29-25-21-17-13-9-4/h34H,6-33H2,1-5H3,(H,40,41)(H2,37,38,39). The lowest BCUT2D eigenvalue weighted by Crippen LogP contribution is -2.37. The van der Waals surface area contributed by atoms with Crippen molar-refractivity contribution in [3.05, 3.63) is 0 Å². The highest BCUT2D eigenvalue weighted by atomic mass is 31.2. The molecule has 0 amide bonds. The maximum Gasteiger partial charge on any atom is 0.362 e. The zero-order valence-electron chi connectivity index (χ0n) is 29.8. The minimum Gasteiger partial charge on any atom is -0.324 e. The highest BCUT2D eigenvalue weighted by Crippen LogP contribution is 2.75. The fraction of sp³-hybridized carbons (Fsp3) is 1.00. The highest BCUT2D eigenvalue weighted by Gasteiger charge is 2.61.